The molecule has 3 rings (SSSR count). The number of rotatable bonds is 5. The molecule has 164 valence electrons. The minimum Gasteiger partial charge on any atom is -0.459 e. The molecule has 0 amide bonds. The van der Waals surface area contributed by atoms with E-state index < -0.39 is 23.9 Å². The molecule has 0 saturated carbocycles. The number of nitriles is 1. The van der Waals surface area contributed by atoms with Crippen LogP contribution in [0.4, 0.5) is 13.2 Å². The van der Waals surface area contributed by atoms with Crippen molar-refractivity contribution in [3.05, 3.63) is 59.4 Å². The summed E-state index contributed by atoms with van der Waals surface area (Å²) in [5.74, 6) is -0.675. The molecule has 0 radical (unpaired) electrons. The van der Waals surface area contributed by atoms with Crippen LogP contribution in [0.2, 0.25) is 0 Å². The largest absolute Gasteiger partial charge is 0.459 e. The molecule has 0 aliphatic carbocycles. The van der Waals surface area contributed by atoms with E-state index in [1.165, 1.54) is 48.7 Å². The molecule has 0 bridgehead atoms. The number of aromatic nitrogens is 5. The molecule has 0 fully saturated rings. The lowest BCUT2D eigenvalue weighted by Gasteiger charge is -2.11. The number of esters is 1. The fourth-order valence-electron chi connectivity index (χ4n) is 2.72. The third-order valence-corrected chi connectivity index (χ3v) is 4.01. The van der Waals surface area contributed by atoms with Crippen LogP contribution in [0.5, 0.6) is 0 Å². The number of carbonyl (C=O) groups is 1. The normalized spacial score (nSPS) is 12.0. The van der Waals surface area contributed by atoms with Crippen molar-refractivity contribution >= 4 is 17.7 Å². The highest BCUT2D eigenvalue weighted by atomic mass is 19.4. The Hall–Kier alpha value is -4.07. The molecule has 0 N–H and O–H groups in total. The van der Waals surface area contributed by atoms with E-state index in [9.17, 15) is 18.0 Å². The predicted molar refractivity (Wildman–Crippen MR) is 107 cm³/mol. The Morgan fingerprint density at radius 3 is 2.66 bits per heavy atom. The van der Waals surface area contributed by atoms with Crippen molar-refractivity contribution in [3.8, 4) is 17.5 Å². The Morgan fingerprint density at radius 2 is 2.00 bits per heavy atom. The molecule has 3 aromatic heterocycles. The molecule has 3 aromatic rings. The summed E-state index contributed by atoms with van der Waals surface area (Å²) in [7, 11) is 0. The second-order valence-electron chi connectivity index (χ2n) is 7.00. The number of nitrogens with zero attached hydrogens (tertiary/aromatic N) is 6. The van der Waals surface area contributed by atoms with Crippen LogP contribution in [-0.4, -0.2) is 36.8 Å². The topological polar surface area (TPSA) is 107 Å². The first kappa shape index (κ1) is 22.6. The zero-order valence-corrected chi connectivity index (χ0v) is 17.3. The number of alkyl halides is 3. The van der Waals surface area contributed by atoms with Crippen molar-refractivity contribution in [2.45, 2.75) is 33.1 Å². The van der Waals surface area contributed by atoms with Crippen molar-refractivity contribution < 1.29 is 22.7 Å². The van der Waals surface area contributed by atoms with Gasteiger partial charge < -0.3 is 4.74 Å². The number of pyridine rings is 2. The first-order valence-corrected chi connectivity index (χ1v) is 9.32. The molecule has 0 aliphatic heterocycles. The van der Waals surface area contributed by atoms with Gasteiger partial charge in [0.05, 0.1) is 17.2 Å². The van der Waals surface area contributed by atoms with E-state index in [1.54, 1.807) is 13.8 Å². The standard InChI is InChI=1S/C21H17F3N6O2/c1-12(2)32-20(31)17(16-5-14(7-25)8-26-9-16)10-30-11-27-19(29-30)15-4-13(3)28-18(6-15)21(22,23)24/h4-6,8-12H,1-3H3/b17-10+. The average molecular weight is 442 g/mol. The maximum atomic E-state index is 13.1. The van der Waals surface area contributed by atoms with Gasteiger partial charge in [0.1, 0.15) is 18.1 Å². The Balaban J connectivity index is 2.04. The van der Waals surface area contributed by atoms with Gasteiger partial charge in [-0.3, -0.25) is 4.98 Å². The lowest BCUT2D eigenvalue weighted by Crippen LogP contribution is -2.14. The highest BCUT2D eigenvalue weighted by Crippen LogP contribution is 2.30. The second-order valence-corrected chi connectivity index (χ2v) is 7.00. The molecule has 0 spiro atoms. The van der Waals surface area contributed by atoms with E-state index >= 15 is 0 Å². The van der Waals surface area contributed by atoms with Crippen LogP contribution >= 0.6 is 0 Å². The molecule has 3 heterocycles. The lowest BCUT2D eigenvalue weighted by molar-refractivity contribution is -0.141. The Bertz CT molecular complexity index is 1220. The number of hydrogen-bond donors (Lipinski definition) is 0. The van der Waals surface area contributed by atoms with Gasteiger partial charge in [-0.15, -0.1) is 5.10 Å². The Labute approximate surface area is 181 Å². The number of carbonyl (C=O) groups excluding carboxylic acids is 1. The van der Waals surface area contributed by atoms with E-state index in [4.69, 9.17) is 10.00 Å². The smallest absolute Gasteiger partial charge is 0.433 e. The van der Waals surface area contributed by atoms with E-state index in [0.29, 0.717) is 5.56 Å². The van der Waals surface area contributed by atoms with E-state index in [2.05, 4.69) is 20.1 Å². The molecule has 0 aromatic carbocycles. The van der Waals surface area contributed by atoms with Crippen molar-refractivity contribution in [2.75, 3.05) is 0 Å². The second kappa shape index (κ2) is 8.97. The first-order valence-electron chi connectivity index (χ1n) is 9.32. The maximum Gasteiger partial charge on any atom is 0.433 e. The molecule has 11 heteroatoms. The predicted octanol–water partition coefficient (Wildman–Crippen LogP) is 3.88. The van der Waals surface area contributed by atoms with E-state index in [-0.39, 0.29) is 28.2 Å². The van der Waals surface area contributed by atoms with Crippen LogP contribution in [0.15, 0.2) is 36.9 Å². The zero-order chi connectivity index (χ0) is 23.5. The van der Waals surface area contributed by atoms with Gasteiger partial charge in [0, 0.05) is 35.4 Å². The number of ether oxygens (including phenoxy) is 1. The third kappa shape index (κ3) is 5.34. The van der Waals surface area contributed by atoms with Crippen molar-refractivity contribution in [2.24, 2.45) is 0 Å². The van der Waals surface area contributed by atoms with Gasteiger partial charge in [-0.1, -0.05) is 0 Å². The highest BCUT2D eigenvalue weighted by molar-refractivity contribution is 6.20. The van der Waals surface area contributed by atoms with Crippen molar-refractivity contribution in [3.63, 3.8) is 0 Å². The van der Waals surface area contributed by atoms with Crippen LogP contribution in [0.3, 0.4) is 0 Å². The first-order chi connectivity index (χ1) is 15.1. The Kier molecular flexibility index (Phi) is 6.34. The summed E-state index contributed by atoms with van der Waals surface area (Å²) < 4.78 is 45.7. The monoisotopic (exact) mass is 442 g/mol. The van der Waals surface area contributed by atoms with Crippen LogP contribution in [0, 0.1) is 18.3 Å². The fourth-order valence-corrected chi connectivity index (χ4v) is 2.72. The maximum absolute atomic E-state index is 13.1. The summed E-state index contributed by atoms with van der Waals surface area (Å²) in [6, 6.07) is 5.67. The van der Waals surface area contributed by atoms with Gasteiger partial charge in [0.15, 0.2) is 5.82 Å². The van der Waals surface area contributed by atoms with Crippen molar-refractivity contribution in [1.29, 1.82) is 5.26 Å². The van der Waals surface area contributed by atoms with E-state index in [0.717, 1.165) is 6.07 Å². The average Bonchev–Trinajstić information content (AvgIpc) is 3.19. The summed E-state index contributed by atoms with van der Waals surface area (Å²) in [4.78, 5) is 24.1. The van der Waals surface area contributed by atoms with Gasteiger partial charge in [-0.25, -0.2) is 19.4 Å². The summed E-state index contributed by atoms with van der Waals surface area (Å²) >= 11 is 0. The molecule has 8 nitrogen and oxygen atoms in total. The number of hydrogen-bond acceptors (Lipinski definition) is 7. The summed E-state index contributed by atoms with van der Waals surface area (Å²) in [5.41, 5.74) is -0.191. The molecule has 0 unspecified atom stereocenters. The number of halogens is 3. The number of aryl methyl sites for hydroxylation is 1. The SMILES string of the molecule is Cc1cc(-c2ncn(/C=C(/C(=O)OC(C)C)c3cncc(C#N)c3)n2)cc(C(F)(F)F)n1. The third-order valence-electron chi connectivity index (χ3n) is 4.01. The molecule has 0 atom stereocenters. The zero-order valence-electron chi connectivity index (χ0n) is 17.3. The molecule has 0 saturated heterocycles. The molecule has 0 aliphatic rings. The van der Waals surface area contributed by atoms with Gasteiger partial charge in [0.25, 0.3) is 0 Å². The summed E-state index contributed by atoms with van der Waals surface area (Å²) in [5, 5.41) is 13.3. The molecule has 32 heavy (non-hydrogen) atoms. The molecular formula is C21H17F3N6O2. The van der Waals surface area contributed by atoms with Gasteiger partial charge in [-0.05, 0) is 39.0 Å². The minimum atomic E-state index is -4.62. The Morgan fingerprint density at radius 1 is 1.25 bits per heavy atom. The van der Waals surface area contributed by atoms with Gasteiger partial charge in [0.2, 0.25) is 0 Å². The van der Waals surface area contributed by atoms with Crippen molar-refractivity contribution in [1.82, 2.24) is 24.7 Å². The van der Waals surface area contributed by atoms with Gasteiger partial charge >= 0.3 is 12.1 Å². The lowest BCUT2D eigenvalue weighted by atomic mass is 10.1. The van der Waals surface area contributed by atoms with E-state index in [1.807, 2.05) is 6.07 Å². The van der Waals surface area contributed by atoms with Crippen LogP contribution in [0.25, 0.3) is 23.2 Å². The molecular weight excluding hydrogens is 425 g/mol. The van der Waals surface area contributed by atoms with Crippen LogP contribution in [0.1, 0.15) is 36.4 Å². The van der Waals surface area contributed by atoms with Gasteiger partial charge in [-0.2, -0.15) is 18.4 Å². The minimum absolute atomic E-state index is 0.0118. The van der Waals surface area contributed by atoms with Crippen LogP contribution in [-0.2, 0) is 15.7 Å². The highest BCUT2D eigenvalue weighted by Gasteiger charge is 2.33. The van der Waals surface area contributed by atoms with Crippen LogP contribution < -0.4 is 0 Å². The quantitative estimate of drug-likeness (QED) is 0.436. The summed E-state index contributed by atoms with van der Waals surface area (Å²) in [6.45, 7) is 4.79. The summed E-state index contributed by atoms with van der Waals surface area (Å²) in [6.07, 6.45) is 0.238. The fraction of sp³-hybridized carbons (Fsp3) is 0.238.